The quantitative estimate of drug-likeness (QED) is 0.333. The van der Waals surface area contributed by atoms with E-state index in [4.69, 9.17) is 4.74 Å². The molecule has 0 unspecified atom stereocenters. The van der Waals surface area contributed by atoms with Crippen LogP contribution in [0.2, 0.25) is 0 Å². The van der Waals surface area contributed by atoms with E-state index in [2.05, 4.69) is 25.2 Å². The molecule has 39 heavy (non-hydrogen) atoms. The van der Waals surface area contributed by atoms with Crippen LogP contribution in [0.3, 0.4) is 0 Å². The molecule has 0 bridgehead atoms. The predicted octanol–water partition coefficient (Wildman–Crippen LogP) is 4.34. The Morgan fingerprint density at radius 1 is 1.03 bits per heavy atom. The van der Waals surface area contributed by atoms with Gasteiger partial charge in [-0.3, -0.25) is 0 Å². The third kappa shape index (κ3) is 5.15. The number of nitrogens with zero attached hydrogens (tertiary/aromatic N) is 3. The highest BCUT2D eigenvalue weighted by Crippen LogP contribution is 2.40. The number of hydrogen-bond acceptors (Lipinski definition) is 6. The average molecular weight is 530 g/mol. The molecule has 1 saturated heterocycles. The van der Waals surface area contributed by atoms with E-state index in [1.165, 1.54) is 12.1 Å². The number of aromatic hydroxyl groups is 1. The number of hydrogen-bond donors (Lipinski definition) is 3. The van der Waals surface area contributed by atoms with Gasteiger partial charge in [-0.2, -0.15) is 0 Å². The molecular formula is C30H29F2N5O2. The Kier molecular flexibility index (Phi) is 6.85. The molecule has 0 spiro atoms. The van der Waals surface area contributed by atoms with Crippen LogP contribution < -0.4 is 16.0 Å². The Hall–Kier alpha value is -4.08. The molecular weight excluding hydrogens is 500 g/mol. The summed E-state index contributed by atoms with van der Waals surface area (Å²) < 4.78 is 34.0. The first kappa shape index (κ1) is 25.2. The summed E-state index contributed by atoms with van der Waals surface area (Å²) in [4.78, 5) is 14.7. The van der Waals surface area contributed by atoms with Crippen molar-refractivity contribution in [2.24, 2.45) is 9.98 Å². The van der Waals surface area contributed by atoms with Crippen molar-refractivity contribution < 1.29 is 18.6 Å². The Labute approximate surface area is 224 Å². The van der Waals surface area contributed by atoms with Crippen molar-refractivity contribution in [1.29, 1.82) is 0 Å². The van der Waals surface area contributed by atoms with Crippen LogP contribution in [0.25, 0.3) is 16.5 Å². The number of aromatic nitrogens is 1. The van der Waals surface area contributed by atoms with Gasteiger partial charge in [-0.15, -0.1) is 0 Å². The molecule has 0 radical (unpaired) electrons. The molecule has 1 fully saturated rings. The second-order valence-electron chi connectivity index (χ2n) is 9.93. The maximum absolute atomic E-state index is 14.4. The number of benzene rings is 3. The van der Waals surface area contributed by atoms with Crippen LogP contribution in [0.5, 0.6) is 5.88 Å². The van der Waals surface area contributed by atoms with Crippen molar-refractivity contribution in [3.63, 3.8) is 0 Å². The van der Waals surface area contributed by atoms with Crippen molar-refractivity contribution in [3.05, 3.63) is 100.0 Å². The monoisotopic (exact) mass is 529 g/mol. The predicted molar refractivity (Wildman–Crippen MR) is 146 cm³/mol. The molecule has 4 aromatic rings. The standard InChI is InChI=1S/C30H29F2N5O2/c1-39-13-12-37-10-8-21(9-11-37)33-22-6-7-24-23(17-22)28(30(38)36-24)27(18-14-19(31)16-20(32)15-18)29-34-25-4-2-3-5-26(25)35-29/h2-7,14-17,21,33,36,38H,8-13H2,1H3. The van der Waals surface area contributed by atoms with Gasteiger partial charge in [-0.25, -0.2) is 18.8 Å². The van der Waals surface area contributed by atoms with E-state index < -0.39 is 11.6 Å². The van der Waals surface area contributed by atoms with Crippen LogP contribution in [0, 0.1) is 11.6 Å². The molecule has 7 nitrogen and oxygen atoms in total. The summed E-state index contributed by atoms with van der Waals surface area (Å²) in [5, 5.41) is 16.7. The van der Waals surface area contributed by atoms with E-state index in [-0.39, 0.29) is 17.3 Å². The van der Waals surface area contributed by atoms with Gasteiger partial charge >= 0.3 is 0 Å². The minimum Gasteiger partial charge on any atom is -0.494 e. The molecule has 3 heterocycles. The summed E-state index contributed by atoms with van der Waals surface area (Å²) in [5.41, 5.74) is 2.56. The number of nitrogens with one attached hydrogen (secondary N) is 2. The highest BCUT2D eigenvalue weighted by Gasteiger charge is 2.24. The Morgan fingerprint density at radius 2 is 1.72 bits per heavy atom. The van der Waals surface area contributed by atoms with Gasteiger partial charge in [0.15, 0.2) is 11.7 Å². The zero-order valence-corrected chi connectivity index (χ0v) is 21.5. The normalized spacial score (nSPS) is 15.7. The minimum atomic E-state index is -0.725. The molecule has 1 aromatic heterocycles. The fourth-order valence-corrected chi connectivity index (χ4v) is 5.38. The number of likely N-dealkylation sites (tertiary alicyclic amines) is 1. The van der Waals surface area contributed by atoms with E-state index in [1.807, 2.05) is 42.5 Å². The van der Waals surface area contributed by atoms with Crippen LogP contribution in [0.4, 0.5) is 14.5 Å². The van der Waals surface area contributed by atoms with E-state index in [1.54, 1.807) is 7.11 Å². The molecule has 6 rings (SSSR count). The third-order valence-electron chi connectivity index (χ3n) is 7.31. The lowest BCUT2D eigenvalue weighted by atomic mass is 9.96. The molecule has 2 aliphatic heterocycles. The van der Waals surface area contributed by atoms with Crippen LogP contribution in [-0.2, 0) is 4.74 Å². The average Bonchev–Trinajstić information content (AvgIpc) is 3.49. The van der Waals surface area contributed by atoms with Gasteiger partial charge in [0, 0.05) is 61.0 Å². The van der Waals surface area contributed by atoms with E-state index in [0.717, 1.165) is 50.8 Å². The summed E-state index contributed by atoms with van der Waals surface area (Å²) in [7, 11) is 1.72. The summed E-state index contributed by atoms with van der Waals surface area (Å²) in [6.45, 7) is 3.64. The van der Waals surface area contributed by atoms with Crippen molar-refractivity contribution in [3.8, 4) is 5.88 Å². The molecule has 2 aliphatic rings. The summed E-state index contributed by atoms with van der Waals surface area (Å²) in [6.07, 6.45) is 2.00. The Bertz CT molecular complexity index is 1630. The molecule has 9 heteroatoms. The van der Waals surface area contributed by atoms with Crippen molar-refractivity contribution >= 4 is 22.2 Å². The number of para-hydroxylation sites is 2. The fraction of sp³-hybridized carbons (Fsp3) is 0.267. The first-order valence-corrected chi connectivity index (χ1v) is 13.0. The van der Waals surface area contributed by atoms with Crippen LogP contribution in [-0.4, -0.2) is 54.4 Å². The van der Waals surface area contributed by atoms with Gasteiger partial charge < -0.3 is 25.0 Å². The minimum absolute atomic E-state index is 0.123. The molecule has 3 N–H and O–H groups in total. The topological polar surface area (TPSA) is 85.2 Å². The number of ether oxygens (including phenoxy) is 1. The number of halogens is 2. The third-order valence-corrected chi connectivity index (χ3v) is 7.31. The maximum Gasteiger partial charge on any atom is 0.197 e. The lowest BCUT2D eigenvalue weighted by Gasteiger charge is -2.32. The zero-order chi connectivity index (χ0) is 26.9. The highest BCUT2D eigenvalue weighted by atomic mass is 19.1. The highest BCUT2D eigenvalue weighted by molar-refractivity contribution is 6.01. The second-order valence-corrected chi connectivity index (χ2v) is 9.93. The molecule has 0 amide bonds. The summed E-state index contributed by atoms with van der Waals surface area (Å²) >= 11 is 0. The van der Waals surface area contributed by atoms with E-state index in [9.17, 15) is 13.9 Å². The summed E-state index contributed by atoms with van der Waals surface area (Å²) in [6, 6.07) is 16.8. The van der Waals surface area contributed by atoms with Gasteiger partial charge in [0.25, 0.3) is 0 Å². The molecule has 200 valence electrons. The van der Waals surface area contributed by atoms with Gasteiger partial charge in [0.2, 0.25) is 0 Å². The van der Waals surface area contributed by atoms with Gasteiger partial charge in [-0.1, -0.05) is 12.1 Å². The number of fused-ring (bicyclic) bond motifs is 2. The lowest BCUT2D eigenvalue weighted by molar-refractivity contribution is 0.132. The van der Waals surface area contributed by atoms with Gasteiger partial charge in [-0.05, 0) is 60.9 Å². The van der Waals surface area contributed by atoms with Crippen molar-refractivity contribution in [1.82, 2.24) is 9.88 Å². The number of H-pyrrole nitrogens is 1. The van der Waals surface area contributed by atoms with Gasteiger partial charge in [0.05, 0.1) is 22.9 Å². The van der Waals surface area contributed by atoms with Crippen LogP contribution >= 0.6 is 0 Å². The zero-order valence-electron chi connectivity index (χ0n) is 21.5. The molecule has 0 saturated carbocycles. The Balaban J connectivity index is 1.42. The largest absolute Gasteiger partial charge is 0.494 e. The van der Waals surface area contributed by atoms with E-state index >= 15 is 0 Å². The number of anilines is 1. The van der Waals surface area contributed by atoms with Crippen LogP contribution in [0.15, 0.2) is 76.5 Å². The number of aromatic amines is 1. The number of piperidine rings is 1. The Morgan fingerprint density at radius 3 is 2.38 bits per heavy atom. The first-order valence-electron chi connectivity index (χ1n) is 13.0. The molecule has 0 aliphatic carbocycles. The van der Waals surface area contributed by atoms with E-state index in [0.29, 0.717) is 38.8 Å². The van der Waals surface area contributed by atoms with Crippen molar-refractivity contribution in [2.75, 3.05) is 38.7 Å². The maximum atomic E-state index is 14.4. The summed E-state index contributed by atoms with van der Waals surface area (Å²) in [5.74, 6) is -1.30. The first-order chi connectivity index (χ1) is 19.0. The lowest BCUT2D eigenvalue weighted by Crippen LogP contribution is -2.40. The SMILES string of the molecule is COCCN1CCC(Nc2ccc3[nH]c(O)c(C(=C4N=c5ccccc5=N4)c4cc(F)cc(F)c4)c3c2)CC1. The fourth-order valence-electron chi connectivity index (χ4n) is 5.38. The van der Waals surface area contributed by atoms with Gasteiger partial charge in [0.1, 0.15) is 11.6 Å². The smallest absolute Gasteiger partial charge is 0.197 e. The number of methoxy groups -OCH3 is 1. The van der Waals surface area contributed by atoms with Crippen molar-refractivity contribution in [2.45, 2.75) is 18.9 Å². The number of rotatable bonds is 7. The molecule has 3 aromatic carbocycles. The second kappa shape index (κ2) is 10.6. The molecule has 0 atom stereocenters. The van der Waals surface area contributed by atoms with Crippen LogP contribution in [0.1, 0.15) is 24.0 Å².